The van der Waals surface area contributed by atoms with Gasteiger partial charge in [0, 0.05) is 23.4 Å². The highest BCUT2D eigenvalue weighted by Gasteiger charge is 2.05. The van der Waals surface area contributed by atoms with E-state index in [1.165, 1.54) is 30.7 Å². The Morgan fingerprint density at radius 1 is 1.28 bits per heavy atom. The number of hydrogen-bond acceptors (Lipinski definition) is 3. The lowest BCUT2D eigenvalue weighted by Crippen LogP contribution is -1.92. The van der Waals surface area contributed by atoms with Crippen molar-refractivity contribution in [1.29, 1.82) is 0 Å². The Balaban J connectivity index is 2.44. The number of rotatable bonds is 3. The van der Waals surface area contributed by atoms with Gasteiger partial charge in [-0.15, -0.1) is 0 Å². The summed E-state index contributed by atoms with van der Waals surface area (Å²) in [5.41, 5.74) is 1.82. The van der Waals surface area contributed by atoms with Crippen LogP contribution in [-0.2, 0) is 4.79 Å². The molecule has 1 aromatic carbocycles. The standard InChI is InChI=1S/C13H9FN2O2/c14-11-4-1-9(2-5-11)13-10(3-6-12(17)18)7-15-8-16-13/h1-8H,(H,17,18). The van der Waals surface area contributed by atoms with E-state index in [4.69, 9.17) is 5.11 Å². The number of benzene rings is 1. The number of aromatic nitrogens is 2. The lowest BCUT2D eigenvalue weighted by atomic mass is 10.1. The Labute approximate surface area is 102 Å². The SMILES string of the molecule is O=C(O)C=Cc1cncnc1-c1ccc(F)cc1. The predicted octanol–water partition coefficient (Wildman–Crippen LogP) is 2.38. The minimum Gasteiger partial charge on any atom is -0.478 e. The molecule has 90 valence electrons. The maximum absolute atomic E-state index is 12.8. The molecule has 0 aliphatic heterocycles. The van der Waals surface area contributed by atoms with Crippen LogP contribution in [-0.4, -0.2) is 21.0 Å². The largest absolute Gasteiger partial charge is 0.478 e. The monoisotopic (exact) mass is 244 g/mol. The van der Waals surface area contributed by atoms with E-state index >= 15 is 0 Å². The van der Waals surface area contributed by atoms with Crippen molar-refractivity contribution in [3.63, 3.8) is 0 Å². The van der Waals surface area contributed by atoms with Gasteiger partial charge >= 0.3 is 5.97 Å². The Bertz CT molecular complexity index is 594. The molecular weight excluding hydrogens is 235 g/mol. The second-order valence-electron chi connectivity index (χ2n) is 3.51. The first kappa shape index (κ1) is 11.9. The molecule has 5 heteroatoms. The number of nitrogens with zero attached hydrogens (tertiary/aromatic N) is 2. The zero-order chi connectivity index (χ0) is 13.0. The maximum atomic E-state index is 12.8. The first-order valence-electron chi connectivity index (χ1n) is 5.14. The number of halogens is 1. The van der Waals surface area contributed by atoms with Crippen LogP contribution in [0.15, 0.2) is 42.9 Å². The third-order valence-corrected chi connectivity index (χ3v) is 2.26. The van der Waals surface area contributed by atoms with Crippen molar-refractivity contribution < 1.29 is 14.3 Å². The summed E-state index contributed by atoms with van der Waals surface area (Å²) < 4.78 is 12.8. The number of hydrogen-bond donors (Lipinski definition) is 1. The number of carbonyl (C=O) groups is 1. The van der Waals surface area contributed by atoms with Gasteiger partial charge in [-0.3, -0.25) is 0 Å². The van der Waals surface area contributed by atoms with Crippen molar-refractivity contribution in [1.82, 2.24) is 9.97 Å². The molecule has 0 amide bonds. The molecule has 18 heavy (non-hydrogen) atoms. The van der Waals surface area contributed by atoms with Gasteiger partial charge in [0.15, 0.2) is 0 Å². The number of carboxylic acids is 1. The van der Waals surface area contributed by atoms with Crippen LogP contribution in [0.5, 0.6) is 0 Å². The van der Waals surface area contributed by atoms with Crippen LogP contribution in [0.4, 0.5) is 4.39 Å². The summed E-state index contributed by atoms with van der Waals surface area (Å²) in [6, 6.07) is 5.80. The van der Waals surface area contributed by atoms with Gasteiger partial charge in [0.2, 0.25) is 0 Å². The minimum absolute atomic E-state index is 0.338. The van der Waals surface area contributed by atoms with Crippen LogP contribution < -0.4 is 0 Å². The molecule has 1 aromatic heterocycles. The first-order valence-corrected chi connectivity index (χ1v) is 5.14. The third kappa shape index (κ3) is 2.76. The normalized spacial score (nSPS) is 10.7. The van der Waals surface area contributed by atoms with Gasteiger partial charge in [-0.25, -0.2) is 19.2 Å². The molecule has 1 heterocycles. The van der Waals surface area contributed by atoms with Gasteiger partial charge in [0.25, 0.3) is 0 Å². The van der Waals surface area contributed by atoms with E-state index in [9.17, 15) is 9.18 Å². The Hall–Kier alpha value is -2.56. The van der Waals surface area contributed by atoms with Crippen molar-refractivity contribution in [2.24, 2.45) is 0 Å². The second-order valence-corrected chi connectivity index (χ2v) is 3.51. The molecule has 2 aromatic rings. The third-order valence-electron chi connectivity index (χ3n) is 2.26. The molecule has 0 saturated carbocycles. The molecule has 0 saturated heterocycles. The Morgan fingerprint density at radius 3 is 2.67 bits per heavy atom. The molecule has 0 atom stereocenters. The van der Waals surface area contributed by atoms with Gasteiger partial charge in [0.05, 0.1) is 5.69 Å². The molecule has 4 nitrogen and oxygen atoms in total. The number of aliphatic carboxylic acids is 1. The Morgan fingerprint density at radius 2 is 2.00 bits per heavy atom. The number of carboxylic acid groups (broad SMARTS) is 1. The molecule has 2 rings (SSSR count). The van der Waals surface area contributed by atoms with E-state index in [-0.39, 0.29) is 5.82 Å². The fourth-order valence-electron chi connectivity index (χ4n) is 1.47. The molecular formula is C13H9FN2O2. The summed E-state index contributed by atoms with van der Waals surface area (Å²) in [7, 11) is 0. The summed E-state index contributed by atoms with van der Waals surface area (Å²) in [6.45, 7) is 0. The fraction of sp³-hybridized carbons (Fsp3) is 0. The lowest BCUT2D eigenvalue weighted by molar-refractivity contribution is -0.131. The summed E-state index contributed by atoms with van der Waals surface area (Å²) in [5, 5.41) is 8.60. The molecule has 0 radical (unpaired) electrons. The molecule has 1 N–H and O–H groups in total. The van der Waals surface area contributed by atoms with Crippen LogP contribution in [0.2, 0.25) is 0 Å². The van der Waals surface area contributed by atoms with Crippen LogP contribution in [0.25, 0.3) is 17.3 Å². The molecule has 0 bridgehead atoms. The molecule has 0 unspecified atom stereocenters. The van der Waals surface area contributed by atoms with E-state index < -0.39 is 5.97 Å². The minimum atomic E-state index is -1.05. The highest BCUT2D eigenvalue weighted by atomic mass is 19.1. The quantitative estimate of drug-likeness (QED) is 0.842. The highest BCUT2D eigenvalue weighted by Crippen LogP contribution is 2.21. The lowest BCUT2D eigenvalue weighted by Gasteiger charge is -2.03. The van der Waals surface area contributed by atoms with Crippen LogP contribution in [0.1, 0.15) is 5.56 Å². The van der Waals surface area contributed by atoms with Gasteiger partial charge in [-0.2, -0.15) is 0 Å². The van der Waals surface area contributed by atoms with Gasteiger partial charge in [-0.05, 0) is 30.3 Å². The maximum Gasteiger partial charge on any atom is 0.328 e. The van der Waals surface area contributed by atoms with Crippen molar-refractivity contribution >= 4 is 12.0 Å². The molecule has 0 fully saturated rings. The smallest absolute Gasteiger partial charge is 0.328 e. The van der Waals surface area contributed by atoms with Crippen molar-refractivity contribution in [2.45, 2.75) is 0 Å². The van der Waals surface area contributed by atoms with E-state index in [0.29, 0.717) is 16.8 Å². The van der Waals surface area contributed by atoms with Gasteiger partial charge < -0.3 is 5.11 Å². The molecule has 0 spiro atoms. The summed E-state index contributed by atoms with van der Waals surface area (Å²) in [4.78, 5) is 18.4. The summed E-state index contributed by atoms with van der Waals surface area (Å²) >= 11 is 0. The molecule has 0 aliphatic carbocycles. The van der Waals surface area contributed by atoms with Crippen LogP contribution in [0.3, 0.4) is 0 Å². The zero-order valence-corrected chi connectivity index (χ0v) is 9.25. The molecule has 0 aliphatic rings. The fourth-order valence-corrected chi connectivity index (χ4v) is 1.47. The predicted molar refractivity (Wildman–Crippen MR) is 64.1 cm³/mol. The second kappa shape index (κ2) is 5.18. The average Bonchev–Trinajstić information content (AvgIpc) is 2.38. The van der Waals surface area contributed by atoms with Crippen LogP contribution >= 0.6 is 0 Å². The van der Waals surface area contributed by atoms with E-state index in [0.717, 1.165) is 6.08 Å². The van der Waals surface area contributed by atoms with Crippen LogP contribution in [0, 0.1) is 5.82 Å². The van der Waals surface area contributed by atoms with Gasteiger partial charge in [0.1, 0.15) is 12.1 Å². The van der Waals surface area contributed by atoms with E-state index in [1.807, 2.05) is 0 Å². The highest BCUT2D eigenvalue weighted by molar-refractivity contribution is 5.87. The average molecular weight is 244 g/mol. The zero-order valence-electron chi connectivity index (χ0n) is 9.25. The Kier molecular flexibility index (Phi) is 3.43. The van der Waals surface area contributed by atoms with Gasteiger partial charge in [-0.1, -0.05) is 0 Å². The van der Waals surface area contributed by atoms with E-state index in [1.54, 1.807) is 12.1 Å². The topological polar surface area (TPSA) is 63.1 Å². The summed E-state index contributed by atoms with van der Waals surface area (Å²) in [6.07, 6.45) is 5.27. The first-order chi connectivity index (χ1) is 8.66. The van der Waals surface area contributed by atoms with Crippen molar-refractivity contribution in [3.8, 4) is 11.3 Å². The van der Waals surface area contributed by atoms with Crippen molar-refractivity contribution in [3.05, 3.63) is 54.2 Å². The van der Waals surface area contributed by atoms with E-state index in [2.05, 4.69) is 9.97 Å². The summed E-state index contributed by atoms with van der Waals surface area (Å²) in [5.74, 6) is -1.39. The van der Waals surface area contributed by atoms with Crippen molar-refractivity contribution in [2.75, 3.05) is 0 Å².